The summed E-state index contributed by atoms with van der Waals surface area (Å²) >= 11 is 0. The molecule has 0 aliphatic heterocycles. The lowest BCUT2D eigenvalue weighted by molar-refractivity contribution is -0.130. The van der Waals surface area contributed by atoms with Gasteiger partial charge in [0.15, 0.2) is 18.1 Å². The van der Waals surface area contributed by atoms with Gasteiger partial charge >= 0.3 is 0 Å². The van der Waals surface area contributed by atoms with Gasteiger partial charge in [0.25, 0.3) is 5.91 Å². The number of ether oxygens (including phenoxy) is 3. The fourth-order valence-corrected chi connectivity index (χ4v) is 2.44. The Morgan fingerprint density at radius 3 is 2.23 bits per heavy atom. The van der Waals surface area contributed by atoms with Crippen molar-refractivity contribution in [2.24, 2.45) is 0 Å². The van der Waals surface area contributed by atoms with Crippen molar-refractivity contribution in [1.82, 2.24) is 4.90 Å². The van der Waals surface area contributed by atoms with Crippen LogP contribution in [0.15, 0.2) is 48.5 Å². The number of carbonyl (C=O) groups excluding carboxylic acids is 2. The number of hydrogen-bond acceptors (Lipinski definition) is 5. The molecule has 2 amide bonds. The lowest BCUT2D eigenvalue weighted by Gasteiger charge is -2.11. The normalized spacial score (nSPS) is 10.5. The van der Waals surface area contributed by atoms with E-state index < -0.39 is 0 Å². The summed E-state index contributed by atoms with van der Waals surface area (Å²) < 4.78 is 16.6. The molecule has 0 aliphatic carbocycles. The minimum atomic E-state index is -0.265. The number of amides is 2. The van der Waals surface area contributed by atoms with Crippen LogP contribution in [0.2, 0.25) is 0 Å². The summed E-state index contributed by atoms with van der Waals surface area (Å²) in [7, 11) is 3.34. The van der Waals surface area contributed by atoms with E-state index in [2.05, 4.69) is 5.32 Å². The average molecular weight is 412 g/mol. The van der Waals surface area contributed by atoms with Gasteiger partial charge in [-0.25, -0.2) is 0 Å². The van der Waals surface area contributed by atoms with Crippen molar-refractivity contribution in [1.29, 1.82) is 0 Å². The molecule has 0 spiro atoms. The van der Waals surface area contributed by atoms with Crippen molar-refractivity contribution in [2.75, 3.05) is 39.2 Å². The molecule has 1 N–H and O–H groups in total. The highest BCUT2D eigenvalue weighted by Crippen LogP contribution is 2.29. The number of likely N-dealkylation sites (N-methyl/N-ethyl adjacent to an activating group) is 1. The quantitative estimate of drug-likeness (QED) is 0.604. The van der Waals surface area contributed by atoms with E-state index in [-0.39, 0.29) is 18.4 Å². The monoisotopic (exact) mass is 412 g/mol. The smallest absolute Gasteiger partial charge is 0.259 e. The van der Waals surface area contributed by atoms with Crippen molar-refractivity contribution in [3.8, 4) is 17.2 Å². The predicted octanol–water partition coefficient (Wildman–Crippen LogP) is 3.60. The summed E-state index contributed by atoms with van der Waals surface area (Å²) in [5.74, 6) is 1.48. The van der Waals surface area contributed by atoms with Gasteiger partial charge in [-0.2, -0.15) is 0 Å². The Labute approximate surface area is 177 Å². The number of rotatable bonds is 10. The van der Waals surface area contributed by atoms with Gasteiger partial charge in [-0.3, -0.25) is 9.59 Å². The molecule has 0 aliphatic rings. The van der Waals surface area contributed by atoms with Crippen molar-refractivity contribution in [2.45, 2.75) is 13.8 Å². The molecule has 2 aromatic carbocycles. The SMILES string of the molecule is CCOc1ccc(/C=C/C(=O)Nc2ccc(OCC(=O)N(C)C)cc2)cc1OCC. The van der Waals surface area contributed by atoms with Crippen molar-refractivity contribution in [3.63, 3.8) is 0 Å². The highest BCUT2D eigenvalue weighted by atomic mass is 16.5. The molecule has 0 fully saturated rings. The third-order valence-corrected chi connectivity index (χ3v) is 3.98. The number of carbonyl (C=O) groups is 2. The van der Waals surface area contributed by atoms with Crippen LogP contribution in [0.25, 0.3) is 6.08 Å². The molecule has 2 rings (SSSR count). The molecule has 0 atom stereocenters. The maximum atomic E-state index is 12.2. The van der Waals surface area contributed by atoms with Crippen LogP contribution in [0, 0.1) is 0 Å². The van der Waals surface area contributed by atoms with Crippen molar-refractivity contribution >= 4 is 23.6 Å². The first kappa shape index (κ1) is 22.8. The Morgan fingerprint density at radius 1 is 0.933 bits per heavy atom. The van der Waals surface area contributed by atoms with Crippen LogP contribution in [0.1, 0.15) is 19.4 Å². The molecule has 7 heteroatoms. The summed E-state index contributed by atoms with van der Waals surface area (Å²) in [5, 5.41) is 2.78. The summed E-state index contributed by atoms with van der Waals surface area (Å²) in [4.78, 5) is 25.2. The lowest BCUT2D eigenvalue weighted by Crippen LogP contribution is -2.27. The maximum absolute atomic E-state index is 12.2. The van der Waals surface area contributed by atoms with Gasteiger partial charge in [-0.1, -0.05) is 6.07 Å². The number of hydrogen-bond donors (Lipinski definition) is 1. The highest BCUT2D eigenvalue weighted by molar-refractivity contribution is 6.02. The average Bonchev–Trinajstić information content (AvgIpc) is 2.73. The van der Waals surface area contributed by atoms with E-state index in [0.717, 1.165) is 5.56 Å². The third-order valence-electron chi connectivity index (χ3n) is 3.98. The zero-order valence-corrected chi connectivity index (χ0v) is 17.8. The second kappa shape index (κ2) is 11.5. The molecular formula is C23H28N2O5. The van der Waals surface area contributed by atoms with E-state index in [1.165, 1.54) is 11.0 Å². The molecule has 0 radical (unpaired) electrons. The van der Waals surface area contributed by atoms with Crippen LogP contribution < -0.4 is 19.5 Å². The summed E-state index contributed by atoms with van der Waals surface area (Å²) in [6.07, 6.45) is 3.16. The molecule has 30 heavy (non-hydrogen) atoms. The van der Waals surface area contributed by atoms with Crippen LogP contribution in [-0.2, 0) is 9.59 Å². The van der Waals surface area contributed by atoms with Crippen LogP contribution in [-0.4, -0.2) is 50.6 Å². The Morgan fingerprint density at radius 2 is 1.60 bits per heavy atom. The molecule has 0 heterocycles. The fourth-order valence-electron chi connectivity index (χ4n) is 2.44. The molecule has 0 saturated heterocycles. The first-order chi connectivity index (χ1) is 14.4. The molecule has 2 aromatic rings. The molecule has 0 bridgehead atoms. The van der Waals surface area contributed by atoms with Crippen LogP contribution in [0.3, 0.4) is 0 Å². The maximum Gasteiger partial charge on any atom is 0.259 e. The van der Waals surface area contributed by atoms with Gasteiger partial charge in [-0.15, -0.1) is 0 Å². The Kier molecular flexibility index (Phi) is 8.75. The van der Waals surface area contributed by atoms with E-state index in [4.69, 9.17) is 14.2 Å². The van der Waals surface area contributed by atoms with Crippen molar-refractivity contribution in [3.05, 3.63) is 54.1 Å². The summed E-state index contributed by atoms with van der Waals surface area (Å²) in [6.45, 7) is 4.86. The van der Waals surface area contributed by atoms with E-state index >= 15 is 0 Å². The molecule has 7 nitrogen and oxygen atoms in total. The van der Waals surface area contributed by atoms with Crippen LogP contribution >= 0.6 is 0 Å². The largest absolute Gasteiger partial charge is 0.490 e. The minimum absolute atomic E-state index is 0.0345. The fraction of sp³-hybridized carbons (Fsp3) is 0.304. The lowest BCUT2D eigenvalue weighted by atomic mass is 10.2. The summed E-state index contributed by atoms with van der Waals surface area (Å²) in [5.41, 5.74) is 1.45. The van der Waals surface area contributed by atoms with Crippen LogP contribution in [0.5, 0.6) is 17.2 Å². The van der Waals surface area contributed by atoms with E-state index in [9.17, 15) is 9.59 Å². The topological polar surface area (TPSA) is 77.1 Å². The first-order valence-corrected chi connectivity index (χ1v) is 9.74. The Hall–Kier alpha value is -3.48. The Balaban J connectivity index is 1.94. The van der Waals surface area contributed by atoms with Crippen LogP contribution in [0.4, 0.5) is 5.69 Å². The number of anilines is 1. The Bertz CT molecular complexity index is 876. The zero-order valence-electron chi connectivity index (χ0n) is 17.8. The van der Waals surface area contributed by atoms with Gasteiger partial charge in [0.05, 0.1) is 13.2 Å². The predicted molar refractivity (Wildman–Crippen MR) is 117 cm³/mol. The second-order valence-corrected chi connectivity index (χ2v) is 6.50. The van der Waals surface area contributed by atoms with Crippen molar-refractivity contribution < 1.29 is 23.8 Å². The number of benzene rings is 2. The van der Waals surface area contributed by atoms with E-state index in [1.54, 1.807) is 44.4 Å². The van der Waals surface area contributed by atoms with E-state index in [0.29, 0.717) is 36.1 Å². The first-order valence-electron chi connectivity index (χ1n) is 9.74. The summed E-state index contributed by atoms with van der Waals surface area (Å²) in [6, 6.07) is 12.3. The third kappa shape index (κ3) is 7.16. The zero-order chi connectivity index (χ0) is 21.9. The van der Waals surface area contributed by atoms with Gasteiger partial charge < -0.3 is 24.4 Å². The minimum Gasteiger partial charge on any atom is -0.490 e. The van der Waals surface area contributed by atoms with Gasteiger partial charge in [-0.05, 0) is 61.9 Å². The van der Waals surface area contributed by atoms with Gasteiger partial charge in [0.1, 0.15) is 5.75 Å². The standard InChI is InChI=1S/C23H28N2O5/c1-5-28-20-13-7-17(15-21(20)29-6-2)8-14-22(26)24-18-9-11-19(12-10-18)30-16-23(27)25(3)4/h7-15H,5-6,16H2,1-4H3,(H,24,26)/b14-8+. The molecule has 0 aromatic heterocycles. The molecule has 0 saturated carbocycles. The second-order valence-electron chi connectivity index (χ2n) is 6.50. The van der Waals surface area contributed by atoms with Gasteiger partial charge in [0, 0.05) is 25.9 Å². The van der Waals surface area contributed by atoms with Gasteiger partial charge in [0.2, 0.25) is 5.91 Å². The molecule has 160 valence electrons. The molecule has 0 unspecified atom stereocenters. The molecular weight excluding hydrogens is 384 g/mol. The number of nitrogens with one attached hydrogen (secondary N) is 1. The highest BCUT2D eigenvalue weighted by Gasteiger charge is 2.07. The van der Waals surface area contributed by atoms with E-state index in [1.807, 2.05) is 32.0 Å². The number of nitrogens with zero attached hydrogens (tertiary/aromatic N) is 1.